The molecular formula is C12H18N2O. The predicted molar refractivity (Wildman–Crippen MR) is 61.5 cm³/mol. The Kier molecular flexibility index (Phi) is 4.84. The molecule has 1 atom stereocenters. The quantitative estimate of drug-likeness (QED) is 0.766. The number of hydrogen-bond acceptors (Lipinski definition) is 2. The second kappa shape index (κ2) is 6.19. The summed E-state index contributed by atoms with van der Waals surface area (Å²) in [7, 11) is 0. The summed E-state index contributed by atoms with van der Waals surface area (Å²) in [6, 6.07) is 10.3. The molecule has 0 heterocycles. The number of amides is 1. The van der Waals surface area contributed by atoms with E-state index in [1.807, 2.05) is 25.1 Å². The fraction of sp³-hybridized carbons (Fsp3) is 0.417. The van der Waals surface area contributed by atoms with E-state index in [0.29, 0.717) is 13.1 Å². The van der Waals surface area contributed by atoms with Crippen LogP contribution in [0.1, 0.15) is 25.5 Å². The third kappa shape index (κ3) is 4.13. The normalized spacial score (nSPS) is 12.1. The third-order valence-electron chi connectivity index (χ3n) is 2.24. The maximum absolute atomic E-state index is 11.2. The molecule has 82 valence electrons. The van der Waals surface area contributed by atoms with Gasteiger partial charge in [0.05, 0.1) is 6.54 Å². The molecule has 0 unspecified atom stereocenters. The Hall–Kier alpha value is -1.35. The standard InChI is InChI=1S/C12H18N2O/c1-3-13-12(15)9-14-10(2)11-7-5-4-6-8-11/h4-8,10,14H,3,9H2,1-2H3,(H,13,15)/t10-/m0/s1. The molecule has 15 heavy (non-hydrogen) atoms. The zero-order valence-electron chi connectivity index (χ0n) is 9.29. The van der Waals surface area contributed by atoms with Gasteiger partial charge in [-0.25, -0.2) is 0 Å². The van der Waals surface area contributed by atoms with Crippen molar-refractivity contribution < 1.29 is 4.79 Å². The highest BCUT2D eigenvalue weighted by molar-refractivity contribution is 5.77. The van der Waals surface area contributed by atoms with Crippen molar-refractivity contribution in [3.05, 3.63) is 35.9 Å². The summed E-state index contributed by atoms with van der Waals surface area (Å²) < 4.78 is 0. The van der Waals surface area contributed by atoms with Crippen molar-refractivity contribution >= 4 is 5.91 Å². The fourth-order valence-electron chi connectivity index (χ4n) is 1.37. The van der Waals surface area contributed by atoms with Crippen molar-refractivity contribution in [3.63, 3.8) is 0 Å². The smallest absolute Gasteiger partial charge is 0.233 e. The van der Waals surface area contributed by atoms with Crippen molar-refractivity contribution in [2.75, 3.05) is 13.1 Å². The molecule has 1 rings (SSSR count). The molecule has 0 aromatic heterocycles. The molecule has 1 amide bonds. The van der Waals surface area contributed by atoms with Crippen molar-refractivity contribution in [1.82, 2.24) is 10.6 Å². The fourth-order valence-corrected chi connectivity index (χ4v) is 1.37. The van der Waals surface area contributed by atoms with Crippen molar-refractivity contribution in [2.24, 2.45) is 0 Å². The molecule has 1 aromatic carbocycles. The van der Waals surface area contributed by atoms with Gasteiger partial charge in [0.25, 0.3) is 0 Å². The minimum absolute atomic E-state index is 0.0419. The van der Waals surface area contributed by atoms with E-state index in [9.17, 15) is 4.79 Å². The second-order valence-electron chi connectivity index (χ2n) is 3.47. The predicted octanol–water partition coefficient (Wildman–Crippen LogP) is 1.47. The maximum Gasteiger partial charge on any atom is 0.233 e. The SMILES string of the molecule is CCNC(=O)CN[C@@H](C)c1ccccc1. The molecule has 0 aliphatic heterocycles. The van der Waals surface area contributed by atoms with Gasteiger partial charge in [-0.2, -0.15) is 0 Å². The monoisotopic (exact) mass is 206 g/mol. The minimum Gasteiger partial charge on any atom is -0.355 e. The summed E-state index contributed by atoms with van der Waals surface area (Å²) >= 11 is 0. The molecule has 3 heteroatoms. The molecule has 0 spiro atoms. The van der Waals surface area contributed by atoms with Gasteiger partial charge in [-0.1, -0.05) is 30.3 Å². The van der Waals surface area contributed by atoms with Crippen LogP contribution < -0.4 is 10.6 Å². The molecule has 1 aromatic rings. The molecule has 0 aliphatic carbocycles. The Morgan fingerprint density at radius 1 is 1.33 bits per heavy atom. The molecule has 0 saturated heterocycles. The van der Waals surface area contributed by atoms with Gasteiger partial charge < -0.3 is 10.6 Å². The topological polar surface area (TPSA) is 41.1 Å². The lowest BCUT2D eigenvalue weighted by Crippen LogP contribution is -2.34. The highest BCUT2D eigenvalue weighted by Crippen LogP contribution is 2.10. The first-order valence-corrected chi connectivity index (χ1v) is 5.29. The molecule has 0 bridgehead atoms. The number of benzene rings is 1. The zero-order valence-corrected chi connectivity index (χ0v) is 9.29. The second-order valence-corrected chi connectivity index (χ2v) is 3.47. The van der Waals surface area contributed by atoms with Crippen LogP contribution in [0.15, 0.2) is 30.3 Å². The van der Waals surface area contributed by atoms with Gasteiger partial charge in [0.15, 0.2) is 0 Å². The third-order valence-corrected chi connectivity index (χ3v) is 2.24. The van der Waals surface area contributed by atoms with E-state index in [-0.39, 0.29) is 11.9 Å². The number of likely N-dealkylation sites (N-methyl/N-ethyl adjacent to an activating group) is 1. The van der Waals surface area contributed by atoms with Crippen molar-refractivity contribution in [3.8, 4) is 0 Å². The lowest BCUT2D eigenvalue weighted by atomic mass is 10.1. The summed E-state index contributed by atoms with van der Waals surface area (Å²) in [4.78, 5) is 11.2. The first-order chi connectivity index (χ1) is 7.24. The van der Waals surface area contributed by atoms with E-state index in [1.165, 1.54) is 5.56 Å². The largest absolute Gasteiger partial charge is 0.355 e. The molecule has 3 nitrogen and oxygen atoms in total. The van der Waals surface area contributed by atoms with Gasteiger partial charge in [-0.15, -0.1) is 0 Å². The van der Waals surface area contributed by atoms with Crippen LogP contribution in [0.2, 0.25) is 0 Å². The zero-order chi connectivity index (χ0) is 11.1. The molecule has 0 fully saturated rings. The first kappa shape index (κ1) is 11.7. The molecular weight excluding hydrogens is 188 g/mol. The lowest BCUT2D eigenvalue weighted by Gasteiger charge is -2.13. The van der Waals surface area contributed by atoms with E-state index < -0.39 is 0 Å². The minimum atomic E-state index is 0.0419. The number of rotatable bonds is 5. The molecule has 0 aliphatic rings. The molecule has 0 saturated carbocycles. The number of hydrogen-bond donors (Lipinski definition) is 2. The Balaban J connectivity index is 2.37. The van der Waals surface area contributed by atoms with Gasteiger partial charge in [-0.05, 0) is 19.4 Å². The number of carbonyl (C=O) groups excluding carboxylic acids is 1. The first-order valence-electron chi connectivity index (χ1n) is 5.29. The highest BCUT2D eigenvalue weighted by atomic mass is 16.1. The number of nitrogens with one attached hydrogen (secondary N) is 2. The van der Waals surface area contributed by atoms with Crippen LogP contribution in [0.25, 0.3) is 0 Å². The van der Waals surface area contributed by atoms with Crippen molar-refractivity contribution in [1.29, 1.82) is 0 Å². The van der Waals surface area contributed by atoms with Gasteiger partial charge in [0.1, 0.15) is 0 Å². The average molecular weight is 206 g/mol. The van der Waals surface area contributed by atoms with E-state index in [4.69, 9.17) is 0 Å². The van der Waals surface area contributed by atoms with Gasteiger partial charge in [-0.3, -0.25) is 4.79 Å². The Morgan fingerprint density at radius 2 is 2.00 bits per heavy atom. The van der Waals surface area contributed by atoms with E-state index >= 15 is 0 Å². The maximum atomic E-state index is 11.2. The Labute approximate surface area is 90.9 Å². The van der Waals surface area contributed by atoms with E-state index in [1.54, 1.807) is 0 Å². The van der Waals surface area contributed by atoms with Crippen LogP contribution in [-0.2, 0) is 4.79 Å². The highest BCUT2D eigenvalue weighted by Gasteiger charge is 2.05. The van der Waals surface area contributed by atoms with Gasteiger partial charge in [0.2, 0.25) is 5.91 Å². The van der Waals surface area contributed by atoms with E-state index in [2.05, 4.69) is 29.7 Å². The molecule has 0 radical (unpaired) electrons. The summed E-state index contributed by atoms with van der Waals surface area (Å²) in [5.74, 6) is 0.0419. The van der Waals surface area contributed by atoms with Crippen molar-refractivity contribution in [2.45, 2.75) is 19.9 Å². The van der Waals surface area contributed by atoms with E-state index in [0.717, 1.165) is 0 Å². The van der Waals surface area contributed by atoms with Crippen LogP contribution in [0.3, 0.4) is 0 Å². The average Bonchev–Trinajstić information content (AvgIpc) is 2.27. The number of carbonyl (C=O) groups is 1. The summed E-state index contributed by atoms with van der Waals surface area (Å²) in [5, 5.41) is 5.92. The lowest BCUT2D eigenvalue weighted by molar-refractivity contribution is -0.120. The van der Waals surface area contributed by atoms with Crippen LogP contribution in [-0.4, -0.2) is 19.0 Å². The van der Waals surface area contributed by atoms with Gasteiger partial charge >= 0.3 is 0 Å². The van der Waals surface area contributed by atoms with Crippen LogP contribution in [0, 0.1) is 0 Å². The van der Waals surface area contributed by atoms with Crippen LogP contribution in [0.5, 0.6) is 0 Å². The molecule has 2 N–H and O–H groups in total. The Morgan fingerprint density at radius 3 is 2.60 bits per heavy atom. The summed E-state index contributed by atoms with van der Waals surface area (Å²) in [6.45, 7) is 5.01. The van der Waals surface area contributed by atoms with Crippen LogP contribution >= 0.6 is 0 Å². The van der Waals surface area contributed by atoms with Gasteiger partial charge in [0, 0.05) is 12.6 Å². The summed E-state index contributed by atoms with van der Waals surface area (Å²) in [5.41, 5.74) is 1.20. The Bertz CT molecular complexity index is 298. The van der Waals surface area contributed by atoms with Crippen LogP contribution in [0.4, 0.5) is 0 Å². The summed E-state index contributed by atoms with van der Waals surface area (Å²) in [6.07, 6.45) is 0.